The van der Waals surface area contributed by atoms with Crippen LogP contribution in [0, 0.1) is 16.7 Å². The van der Waals surface area contributed by atoms with Crippen molar-refractivity contribution < 1.29 is 14.3 Å². The van der Waals surface area contributed by atoms with Crippen LogP contribution in [0.3, 0.4) is 0 Å². The molecule has 0 bridgehead atoms. The van der Waals surface area contributed by atoms with Crippen LogP contribution in [0.4, 0.5) is 4.79 Å². The van der Waals surface area contributed by atoms with Crippen molar-refractivity contribution in [1.29, 1.82) is 5.26 Å². The summed E-state index contributed by atoms with van der Waals surface area (Å²) >= 11 is 0. The molecule has 1 aliphatic heterocycles. The van der Waals surface area contributed by atoms with Crippen LogP contribution in [0.1, 0.15) is 36.8 Å². The molecule has 2 atom stereocenters. The number of nitriles is 1. The van der Waals surface area contributed by atoms with Crippen LogP contribution in [-0.2, 0) is 22.6 Å². The van der Waals surface area contributed by atoms with Gasteiger partial charge in [0, 0.05) is 12.0 Å². The first-order valence-electron chi connectivity index (χ1n) is 11.0. The van der Waals surface area contributed by atoms with E-state index < -0.39 is 5.60 Å². The Morgan fingerprint density at radius 2 is 2.09 bits per heavy atom. The fraction of sp³-hybridized carbons (Fsp3) is 0.400. The second kappa shape index (κ2) is 8.29. The van der Waals surface area contributed by atoms with Crippen molar-refractivity contribution in [3.63, 3.8) is 0 Å². The Morgan fingerprint density at radius 3 is 2.88 bits per heavy atom. The number of rotatable bonds is 6. The number of aromatic nitrogens is 2. The molecule has 1 amide bonds. The summed E-state index contributed by atoms with van der Waals surface area (Å²) in [5, 5.41) is 12.2. The third kappa shape index (κ3) is 4.06. The molecule has 32 heavy (non-hydrogen) atoms. The monoisotopic (exact) mass is 430 g/mol. The van der Waals surface area contributed by atoms with E-state index in [4.69, 9.17) is 9.47 Å². The standard InChI is InChI=1S/C25H26N4O3/c26-12-20-7-8-21-22(11-20)29(18-28-21)16-24(17-31-13-19-5-2-1-3-6-19)9-4-10-25(14-24)15-27-23(30)32-25/h1-3,5-8,11,18H,4,9-10,13-17H2,(H,27,30). The Morgan fingerprint density at radius 1 is 1.22 bits per heavy atom. The Balaban J connectivity index is 1.43. The van der Waals surface area contributed by atoms with Gasteiger partial charge in [0.1, 0.15) is 5.60 Å². The van der Waals surface area contributed by atoms with Gasteiger partial charge in [0.25, 0.3) is 0 Å². The molecular weight excluding hydrogens is 404 g/mol. The van der Waals surface area contributed by atoms with Gasteiger partial charge < -0.3 is 19.4 Å². The first kappa shape index (κ1) is 20.5. The average Bonchev–Trinajstić information content (AvgIpc) is 3.36. The van der Waals surface area contributed by atoms with Crippen molar-refractivity contribution in [2.75, 3.05) is 13.2 Å². The predicted octanol–water partition coefficient (Wildman–Crippen LogP) is 4.16. The summed E-state index contributed by atoms with van der Waals surface area (Å²) in [4.78, 5) is 16.4. The molecule has 2 fully saturated rings. The number of carbonyl (C=O) groups excluding carboxylic acids is 1. The van der Waals surface area contributed by atoms with Gasteiger partial charge in [-0.25, -0.2) is 9.78 Å². The van der Waals surface area contributed by atoms with Crippen LogP contribution in [0.15, 0.2) is 54.9 Å². The molecule has 1 saturated heterocycles. The van der Waals surface area contributed by atoms with Crippen molar-refractivity contribution in [2.24, 2.45) is 5.41 Å². The molecule has 1 N–H and O–H groups in total. The molecule has 2 aliphatic rings. The summed E-state index contributed by atoms with van der Waals surface area (Å²) < 4.78 is 14.1. The lowest BCUT2D eigenvalue weighted by molar-refractivity contribution is -0.0727. The molecule has 7 heteroatoms. The molecule has 2 unspecified atom stereocenters. The predicted molar refractivity (Wildman–Crippen MR) is 119 cm³/mol. The molecule has 0 radical (unpaired) electrons. The molecule has 164 valence electrons. The van der Waals surface area contributed by atoms with E-state index in [2.05, 4.69) is 33.1 Å². The molecule has 1 aromatic heterocycles. The maximum absolute atomic E-state index is 11.9. The van der Waals surface area contributed by atoms with E-state index in [0.717, 1.165) is 42.3 Å². The normalized spacial score (nSPS) is 24.9. The van der Waals surface area contributed by atoms with Crippen LogP contribution in [0.25, 0.3) is 11.0 Å². The summed E-state index contributed by atoms with van der Waals surface area (Å²) in [7, 11) is 0. The van der Waals surface area contributed by atoms with Crippen LogP contribution in [0.2, 0.25) is 0 Å². The van der Waals surface area contributed by atoms with E-state index in [1.54, 1.807) is 6.07 Å². The summed E-state index contributed by atoms with van der Waals surface area (Å²) in [5.74, 6) is 0. The highest BCUT2D eigenvalue weighted by Gasteiger charge is 2.50. The molecular formula is C25H26N4O3. The average molecular weight is 431 g/mol. The lowest BCUT2D eigenvalue weighted by Crippen LogP contribution is -2.47. The lowest BCUT2D eigenvalue weighted by Gasteiger charge is -2.44. The Hall–Kier alpha value is -3.37. The number of nitrogens with zero attached hydrogens (tertiary/aromatic N) is 3. The van der Waals surface area contributed by atoms with E-state index >= 15 is 0 Å². The van der Waals surface area contributed by atoms with Crippen LogP contribution in [-0.4, -0.2) is 34.4 Å². The maximum atomic E-state index is 11.9. The van der Waals surface area contributed by atoms with Crippen molar-refractivity contribution in [2.45, 2.75) is 44.4 Å². The maximum Gasteiger partial charge on any atom is 0.407 e. The fourth-order valence-corrected chi connectivity index (χ4v) is 5.26. The number of fused-ring (bicyclic) bond motifs is 1. The minimum absolute atomic E-state index is 0.213. The van der Waals surface area contributed by atoms with Crippen LogP contribution >= 0.6 is 0 Å². The summed E-state index contributed by atoms with van der Waals surface area (Å²) in [6.45, 7) is 2.32. The van der Waals surface area contributed by atoms with E-state index in [1.807, 2.05) is 36.7 Å². The van der Waals surface area contributed by atoms with Crippen molar-refractivity contribution in [1.82, 2.24) is 14.9 Å². The molecule has 2 aromatic carbocycles. The highest BCUT2D eigenvalue weighted by atomic mass is 16.6. The quantitative estimate of drug-likeness (QED) is 0.634. The van der Waals surface area contributed by atoms with Crippen molar-refractivity contribution >= 4 is 17.1 Å². The van der Waals surface area contributed by atoms with Crippen LogP contribution in [0.5, 0.6) is 0 Å². The number of imidazole rings is 1. The van der Waals surface area contributed by atoms with E-state index in [9.17, 15) is 10.1 Å². The molecule has 3 aromatic rings. The largest absolute Gasteiger partial charge is 0.441 e. The van der Waals surface area contributed by atoms with Gasteiger partial charge in [-0.2, -0.15) is 5.26 Å². The zero-order chi connectivity index (χ0) is 22.0. The Bertz CT molecular complexity index is 1170. The zero-order valence-electron chi connectivity index (χ0n) is 17.9. The number of hydrogen-bond donors (Lipinski definition) is 1. The first-order chi connectivity index (χ1) is 15.6. The number of carbonyl (C=O) groups is 1. The summed E-state index contributed by atoms with van der Waals surface area (Å²) in [6.07, 6.45) is 5.02. The highest BCUT2D eigenvalue weighted by Crippen LogP contribution is 2.46. The number of amides is 1. The Labute approximate surface area is 187 Å². The van der Waals surface area contributed by atoms with Gasteiger partial charge in [0.05, 0.1) is 48.8 Å². The van der Waals surface area contributed by atoms with Gasteiger partial charge in [0.15, 0.2) is 0 Å². The van der Waals surface area contributed by atoms with Crippen molar-refractivity contribution in [3.8, 4) is 6.07 Å². The van der Waals surface area contributed by atoms with Crippen molar-refractivity contribution in [3.05, 3.63) is 66.0 Å². The summed E-state index contributed by atoms with van der Waals surface area (Å²) in [5.41, 5.74) is 2.85. The van der Waals surface area contributed by atoms with E-state index in [0.29, 0.717) is 31.9 Å². The van der Waals surface area contributed by atoms with Gasteiger partial charge in [0.2, 0.25) is 0 Å². The topological polar surface area (TPSA) is 89.2 Å². The lowest BCUT2D eigenvalue weighted by atomic mass is 9.67. The minimum atomic E-state index is -0.486. The molecule has 7 nitrogen and oxygen atoms in total. The number of ether oxygens (including phenoxy) is 2. The van der Waals surface area contributed by atoms with Gasteiger partial charge in [-0.3, -0.25) is 0 Å². The van der Waals surface area contributed by atoms with Gasteiger partial charge in [-0.05, 0) is 49.4 Å². The second-order valence-electron chi connectivity index (χ2n) is 9.12. The molecule has 1 saturated carbocycles. The van der Waals surface area contributed by atoms with E-state index in [1.165, 1.54) is 0 Å². The molecule has 5 rings (SSSR count). The van der Waals surface area contributed by atoms with E-state index in [-0.39, 0.29) is 11.5 Å². The second-order valence-corrected chi connectivity index (χ2v) is 9.12. The highest BCUT2D eigenvalue weighted by molar-refractivity contribution is 5.77. The number of benzene rings is 2. The number of alkyl carbamates (subject to hydrolysis) is 1. The Kier molecular flexibility index (Phi) is 5.32. The third-order valence-corrected chi connectivity index (χ3v) is 6.68. The smallest absolute Gasteiger partial charge is 0.407 e. The molecule has 1 spiro atoms. The van der Waals surface area contributed by atoms with Crippen LogP contribution < -0.4 is 5.32 Å². The third-order valence-electron chi connectivity index (χ3n) is 6.68. The number of hydrogen-bond acceptors (Lipinski definition) is 5. The zero-order valence-corrected chi connectivity index (χ0v) is 17.9. The van der Waals surface area contributed by atoms with Gasteiger partial charge in [-0.15, -0.1) is 0 Å². The SMILES string of the molecule is N#Cc1ccc2ncn(CC3(COCc4ccccc4)CCCC4(CNC(=O)O4)C3)c2c1. The minimum Gasteiger partial charge on any atom is -0.441 e. The molecule has 2 heterocycles. The number of nitrogens with one attached hydrogen (secondary N) is 1. The summed E-state index contributed by atoms with van der Waals surface area (Å²) in [6, 6.07) is 17.9. The van der Waals surface area contributed by atoms with Gasteiger partial charge >= 0.3 is 6.09 Å². The first-order valence-corrected chi connectivity index (χ1v) is 11.0. The van der Waals surface area contributed by atoms with Gasteiger partial charge in [-0.1, -0.05) is 30.3 Å². The molecule has 1 aliphatic carbocycles. The fourth-order valence-electron chi connectivity index (χ4n) is 5.26.